The van der Waals surface area contributed by atoms with Gasteiger partial charge in [-0.2, -0.15) is 9.36 Å². The molecule has 1 aromatic heterocycles. The van der Waals surface area contributed by atoms with Gasteiger partial charge in [-0.05, 0) is 42.3 Å². The van der Waals surface area contributed by atoms with E-state index in [1.807, 2.05) is 31.2 Å². The Morgan fingerprint density at radius 1 is 1.10 bits per heavy atom. The van der Waals surface area contributed by atoms with Crippen molar-refractivity contribution in [3.8, 4) is 22.4 Å². The second-order valence-electron chi connectivity index (χ2n) is 6.23. The van der Waals surface area contributed by atoms with Gasteiger partial charge in [0, 0.05) is 30.1 Å². The van der Waals surface area contributed by atoms with E-state index >= 15 is 0 Å². The highest BCUT2D eigenvalue weighted by molar-refractivity contribution is 7.07. The molecule has 0 atom stereocenters. The molecule has 2 aromatic carbocycles. The maximum absolute atomic E-state index is 12.2. The molecule has 0 aliphatic carbocycles. The fraction of sp³-hybridized carbons (Fsp3) is 0.286. The van der Waals surface area contributed by atoms with Crippen molar-refractivity contribution in [3.05, 3.63) is 59.4 Å². The van der Waals surface area contributed by atoms with Crippen LogP contribution < -0.4 is 19.5 Å². The predicted molar refractivity (Wildman–Crippen MR) is 111 cm³/mol. The highest BCUT2D eigenvalue weighted by Crippen LogP contribution is 2.33. The minimum Gasteiger partial charge on any atom is -0.497 e. The number of hydrogen-bond acceptors (Lipinski definition) is 7. The van der Waals surface area contributed by atoms with Crippen molar-refractivity contribution in [2.75, 3.05) is 20.8 Å². The summed E-state index contributed by atoms with van der Waals surface area (Å²) < 4.78 is 20.8. The van der Waals surface area contributed by atoms with Gasteiger partial charge < -0.3 is 19.5 Å². The molecule has 0 saturated carbocycles. The van der Waals surface area contributed by atoms with Crippen LogP contribution in [0.5, 0.6) is 22.4 Å². The lowest BCUT2D eigenvalue weighted by molar-refractivity contribution is 0.0953. The van der Waals surface area contributed by atoms with Crippen LogP contribution in [0.2, 0.25) is 0 Å². The summed E-state index contributed by atoms with van der Waals surface area (Å²) in [7, 11) is 3.18. The van der Waals surface area contributed by atoms with E-state index in [0.29, 0.717) is 41.0 Å². The van der Waals surface area contributed by atoms with Crippen molar-refractivity contribution in [1.82, 2.24) is 14.7 Å². The number of nitrogens with zero attached hydrogens (tertiary/aromatic N) is 2. The van der Waals surface area contributed by atoms with Gasteiger partial charge >= 0.3 is 0 Å². The van der Waals surface area contributed by atoms with Gasteiger partial charge in [0.2, 0.25) is 0 Å². The molecule has 0 bridgehead atoms. The zero-order valence-electron chi connectivity index (χ0n) is 16.6. The van der Waals surface area contributed by atoms with Gasteiger partial charge in [-0.25, -0.2) is 0 Å². The molecule has 3 rings (SSSR count). The average Bonchev–Trinajstić information content (AvgIpc) is 3.18. The van der Waals surface area contributed by atoms with E-state index in [1.54, 1.807) is 32.4 Å². The van der Waals surface area contributed by atoms with E-state index in [4.69, 9.17) is 14.2 Å². The van der Waals surface area contributed by atoms with Gasteiger partial charge in [0.15, 0.2) is 17.3 Å². The van der Waals surface area contributed by atoms with Gasteiger partial charge in [0.25, 0.3) is 11.1 Å². The van der Waals surface area contributed by atoms with E-state index in [2.05, 4.69) is 14.7 Å². The van der Waals surface area contributed by atoms with Crippen molar-refractivity contribution >= 4 is 17.4 Å². The summed E-state index contributed by atoms with van der Waals surface area (Å²) in [5, 5.41) is 3.23. The minimum absolute atomic E-state index is 0.157. The molecule has 1 heterocycles. The van der Waals surface area contributed by atoms with Crippen LogP contribution >= 0.6 is 11.5 Å². The molecule has 0 radical (unpaired) electrons. The molecule has 0 saturated heterocycles. The molecule has 0 aliphatic heterocycles. The standard InChI is InChI=1S/C21H23N3O4S/c1-4-10-22-20(25)15-8-9-17(27-3)18(13-15)28-21-23-19(24-29-21)12-14-6-5-7-16(11-14)26-2/h5-9,11,13H,4,10,12H2,1-3H3,(H,22,25). The molecule has 0 fully saturated rings. The van der Waals surface area contributed by atoms with Crippen LogP contribution in [0, 0.1) is 0 Å². The van der Waals surface area contributed by atoms with E-state index in [0.717, 1.165) is 29.3 Å². The van der Waals surface area contributed by atoms with Crippen LogP contribution in [0.15, 0.2) is 42.5 Å². The lowest BCUT2D eigenvalue weighted by atomic mass is 10.1. The number of rotatable bonds is 9. The Morgan fingerprint density at radius 2 is 1.97 bits per heavy atom. The first kappa shape index (κ1) is 20.6. The van der Waals surface area contributed by atoms with Crippen molar-refractivity contribution in [1.29, 1.82) is 0 Å². The van der Waals surface area contributed by atoms with Crippen LogP contribution in [-0.4, -0.2) is 36.0 Å². The highest BCUT2D eigenvalue weighted by Gasteiger charge is 2.14. The third-order valence-electron chi connectivity index (χ3n) is 4.10. The fourth-order valence-electron chi connectivity index (χ4n) is 2.65. The Kier molecular flexibility index (Phi) is 7.02. The molecule has 3 aromatic rings. The monoisotopic (exact) mass is 413 g/mol. The molecule has 0 spiro atoms. The number of hydrogen-bond donors (Lipinski definition) is 1. The zero-order chi connectivity index (χ0) is 20.6. The Bertz CT molecular complexity index is 974. The maximum atomic E-state index is 12.2. The number of benzene rings is 2. The van der Waals surface area contributed by atoms with Crippen molar-refractivity contribution < 1.29 is 19.0 Å². The molecule has 0 aliphatic rings. The van der Waals surface area contributed by atoms with Crippen LogP contribution in [-0.2, 0) is 6.42 Å². The molecule has 29 heavy (non-hydrogen) atoms. The molecule has 7 nitrogen and oxygen atoms in total. The lowest BCUT2D eigenvalue weighted by Crippen LogP contribution is -2.23. The van der Waals surface area contributed by atoms with Gasteiger partial charge in [-0.3, -0.25) is 4.79 Å². The Balaban J connectivity index is 1.74. The van der Waals surface area contributed by atoms with Gasteiger partial charge in [0.05, 0.1) is 14.2 Å². The largest absolute Gasteiger partial charge is 0.497 e. The van der Waals surface area contributed by atoms with Crippen LogP contribution in [0.4, 0.5) is 0 Å². The first-order chi connectivity index (χ1) is 14.1. The van der Waals surface area contributed by atoms with E-state index in [-0.39, 0.29) is 5.91 Å². The van der Waals surface area contributed by atoms with Gasteiger partial charge in [-0.1, -0.05) is 19.1 Å². The molecule has 1 N–H and O–H groups in total. The number of ether oxygens (including phenoxy) is 3. The summed E-state index contributed by atoms with van der Waals surface area (Å²) in [6.45, 7) is 2.62. The summed E-state index contributed by atoms with van der Waals surface area (Å²) in [5.74, 6) is 2.21. The number of methoxy groups -OCH3 is 2. The quantitative estimate of drug-likeness (QED) is 0.569. The van der Waals surface area contributed by atoms with Crippen molar-refractivity contribution in [2.45, 2.75) is 19.8 Å². The SMILES string of the molecule is CCCNC(=O)c1ccc(OC)c(Oc2nc(Cc3cccc(OC)c3)ns2)c1. The van der Waals surface area contributed by atoms with Crippen LogP contribution in [0.25, 0.3) is 0 Å². The zero-order valence-corrected chi connectivity index (χ0v) is 17.4. The lowest BCUT2D eigenvalue weighted by Gasteiger charge is -2.10. The Morgan fingerprint density at radius 3 is 2.72 bits per heavy atom. The van der Waals surface area contributed by atoms with E-state index in [9.17, 15) is 4.79 Å². The van der Waals surface area contributed by atoms with E-state index < -0.39 is 0 Å². The molecule has 8 heteroatoms. The third-order valence-corrected chi connectivity index (χ3v) is 4.74. The summed E-state index contributed by atoms with van der Waals surface area (Å²) in [6, 6.07) is 12.8. The number of amides is 1. The fourth-order valence-corrected chi connectivity index (χ4v) is 3.21. The second kappa shape index (κ2) is 9.88. The van der Waals surface area contributed by atoms with Gasteiger partial charge in [0.1, 0.15) is 5.75 Å². The third kappa shape index (κ3) is 5.45. The topological polar surface area (TPSA) is 82.6 Å². The van der Waals surface area contributed by atoms with Crippen LogP contribution in [0.1, 0.15) is 35.1 Å². The highest BCUT2D eigenvalue weighted by atomic mass is 32.1. The average molecular weight is 413 g/mol. The van der Waals surface area contributed by atoms with Crippen LogP contribution in [0.3, 0.4) is 0 Å². The maximum Gasteiger partial charge on any atom is 0.298 e. The molecule has 0 unspecified atom stereocenters. The predicted octanol–water partition coefficient (Wildman–Crippen LogP) is 4.08. The Hall–Kier alpha value is -3.13. The first-order valence-electron chi connectivity index (χ1n) is 9.22. The van der Waals surface area contributed by atoms with E-state index in [1.165, 1.54) is 0 Å². The van der Waals surface area contributed by atoms with Crippen molar-refractivity contribution in [3.63, 3.8) is 0 Å². The van der Waals surface area contributed by atoms with Gasteiger partial charge in [-0.15, -0.1) is 0 Å². The smallest absolute Gasteiger partial charge is 0.298 e. The Labute approximate surface area is 173 Å². The number of carbonyl (C=O) groups is 1. The summed E-state index contributed by atoms with van der Waals surface area (Å²) >= 11 is 1.15. The number of aromatic nitrogens is 2. The number of carbonyl (C=O) groups excluding carboxylic acids is 1. The molecular formula is C21H23N3O4S. The minimum atomic E-state index is -0.157. The summed E-state index contributed by atoms with van der Waals surface area (Å²) in [5.41, 5.74) is 1.54. The second-order valence-corrected chi connectivity index (χ2v) is 6.94. The molecular weight excluding hydrogens is 390 g/mol. The van der Waals surface area contributed by atoms with Crippen molar-refractivity contribution in [2.24, 2.45) is 0 Å². The summed E-state index contributed by atoms with van der Waals surface area (Å²) in [4.78, 5) is 16.7. The molecule has 1 amide bonds. The summed E-state index contributed by atoms with van der Waals surface area (Å²) in [6.07, 6.45) is 1.43. The first-order valence-corrected chi connectivity index (χ1v) is 10.00. The number of nitrogens with one attached hydrogen (secondary N) is 1. The normalized spacial score (nSPS) is 10.4. The molecule has 152 valence electrons.